The lowest BCUT2D eigenvalue weighted by Crippen LogP contribution is -2.16. The van der Waals surface area contributed by atoms with Crippen LogP contribution in [0.15, 0.2) is 42.6 Å². The fourth-order valence-electron chi connectivity index (χ4n) is 1.63. The summed E-state index contributed by atoms with van der Waals surface area (Å²) in [6.45, 7) is 0. The normalized spacial score (nSPS) is 9.95. The monoisotopic (exact) mass is 257 g/mol. The first-order valence-corrected chi connectivity index (χ1v) is 5.82. The van der Waals surface area contributed by atoms with Crippen LogP contribution in [-0.2, 0) is 11.2 Å². The van der Waals surface area contributed by atoms with Gasteiger partial charge in [0.15, 0.2) is 5.82 Å². The maximum absolute atomic E-state index is 11.9. The summed E-state index contributed by atoms with van der Waals surface area (Å²) < 4.78 is 5.06. The first-order chi connectivity index (χ1) is 9.19. The third-order valence-corrected chi connectivity index (χ3v) is 2.62. The Morgan fingerprint density at radius 1 is 1.32 bits per heavy atom. The van der Waals surface area contributed by atoms with Crippen molar-refractivity contribution in [2.24, 2.45) is 0 Å². The topological polar surface area (TPSA) is 77.2 Å². The smallest absolute Gasteiger partial charge is 0.230 e. The highest BCUT2D eigenvalue weighted by atomic mass is 16.5. The Morgan fingerprint density at radius 3 is 2.68 bits per heavy atom. The number of nitrogen functional groups attached to an aromatic ring is 1. The Labute approximate surface area is 111 Å². The fraction of sp³-hybridized carbons (Fsp3) is 0.143. The molecule has 0 aliphatic carbocycles. The van der Waals surface area contributed by atoms with Gasteiger partial charge in [-0.15, -0.1) is 0 Å². The van der Waals surface area contributed by atoms with Crippen LogP contribution in [0.3, 0.4) is 0 Å². The summed E-state index contributed by atoms with van der Waals surface area (Å²) in [6, 6.07) is 10.7. The van der Waals surface area contributed by atoms with Crippen LogP contribution in [-0.4, -0.2) is 18.0 Å². The van der Waals surface area contributed by atoms with Crippen molar-refractivity contribution in [3.63, 3.8) is 0 Å². The van der Waals surface area contributed by atoms with Gasteiger partial charge in [-0.25, -0.2) is 4.98 Å². The van der Waals surface area contributed by atoms with E-state index in [2.05, 4.69) is 10.3 Å². The minimum Gasteiger partial charge on any atom is -0.497 e. The number of methoxy groups -OCH3 is 1. The van der Waals surface area contributed by atoms with Gasteiger partial charge in [0.1, 0.15) is 5.75 Å². The first-order valence-electron chi connectivity index (χ1n) is 5.82. The van der Waals surface area contributed by atoms with Crippen molar-refractivity contribution in [2.75, 3.05) is 18.2 Å². The Kier molecular flexibility index (Phi) is 3.97. The summed E-state index contributed by atoms with van der Waals surface area (Å²) in [5.74, 6) is 0.995. The number of benzene rings is 1. The van der Waals surface area contributed by atoms with Crippen LogP contribution in [0.1, 0.15) is 5.56 Å². The Morgan fingerprint density at radius 2 is 2.05 bits per heavy atom. The van der Waals surface area contributed by atoms with Gasteiger partial charge in [-0.2, -0.15) is 0 Å². The van der Waals surface area contributed by atoms with E-state index in [9.17, 15) is 4.79 Å². The van der Waals surface area contributed by atoms with Gasteiger partial charge >= 0.3 is 0 Å². The van der Waals surface area contributed by atoms with Crippen LogP contribution in [0.4, 0.5) is 11.5 Å². The molecule has 1 amide bonds. The predicted octanol–water partition coefficient (Wildman–Crippen LogP) is 1.85. The van der Waals surface area contributed by atoms with Crippen molar-refractivity contribution in [1.82, 2.24) is 4.98 Å². The van der Waals surface area contributed by atoms with Crippen molar-refractivity contribution in [3.05, 3.63) is 48.2 Å². The summed E-state index contributed by atoms with van der Waals surface area (Å²) in [4.78, 5) is 15.9. The number of nitrogens with one attached hydrogen (secondary N) is 1. The van der Waals surface area contributed by atoms with E-state index in [0.717, 1.165) is 11.3 Å². The number of aromatic nitrogens is 1. The summed E-state index contributed by atoms with van der Waals surface area (Å²) in [5, 5.41) is 2.68. The standard InChI is InChI=1S/C14H15N3O2/c1-19-11-6-4-10(5-7-11)9-13(18)17-14-12(15)3-2-8-16-14/h2-8H,9,15H2,1H3,(H,16,17,18). The van der Waals surface area contributed by atoms with E-state index < -0.39 is 0 Å². The lowest BCUT2D eigenvalue weighted by Gasteiger charge is -2.07. The Bertz CT molecular complexity index is 567. The average Bonchev–Trinajstić information content (AvgIpc) is 2.42. The Hall–Kier alpha value is -2.56. The third kappa shape index (κ3) is 3.45. The van der Waals surface area contributed by atoms with Gasteiger partial charge in [0.05, 0.1) is 19.2 Å². The molecular formula is C14H15N3O2. The van der Waals surface area contributed by atoms with Gasteiger partial charge < -0.3 is 15.8 Å². The number of hydrogen-bond donors (Lipinski definition) is 2. The number of carbonyl (C=O) groups excluding carboxylic acids is 1. The molecule has 3 N–H and O–H groups in total. The van der Waals surface area contributed by atoms with Gasteiger partial charge in [0, 0.05) is 6.20 Å². The molecule has 0 aliphatic rings. The van der Waals surface area contributed by atoms with E-state index in [0.29, 0.717) is 11.5 Å². The van der Waals surface area contributed by atoms with Gasteiger partial charge in [-0.3, -0.25) is 4.79 Å². The second kappa shape index (κ2) is 5.86. The Balaban J connectivity index is 1.99. The highest BCUT2D eigenvalue weighted by molar-refractivity contribution is 5.93. The van der Waals surface area contributed by atoms with Crippen molar-refractivity contribution >= 4 is 17.4 Å². The minimum absolute atomic E-state index is 0.157. The number of nitrogens with two attached hydrogens (primary N) is 1. The SMILES string of the molecule is COc1ccc(CC(=O)Nc2ncccc2N)cc1. The highest BCUT2D eigenvalue weighted by Crippen LogP contribution is 2.15. The van der Waals surface area contributed by atoms with E-state index in [1.165, 1.54) is 0 Å². The molecule has 1 aromatic carbocycles. The molecule has 1 aromatic heterocycles. The number of pyridine rings is 1. The van der Waals surface area contributed by atoms with Crippen LogP contribution >= 0.6 is 0 Å². The molecule has 0 spiro atoms. The van der Waals surface area contributed by atoms with Crippen LogP contribution in [0.5, 0.6) is 5.75 Å². The van der Waals surface area contributed by atoms with Gasteiger partial charge in [0.25, 0.3) is 0 Å². The number of rotatable bonds is 4. The second-order valence-electron chi connectivity index (χ2n) is 4.01. The predicted molar refractivity (Wildman–Crippen MR) is 74.0 cm³/mol. The molecule has 0 saturated carbocycles. The molecule has 5 heteroatoms. The zero-order valence-corrected chi connectivity index (χ0v) is 10.6. The van der Waals surface area contributed by atoms with E-state index in [1.54, 1.807) is 25.4 Å². The summed E-state index contributed by atoms with van der Waals surface area (Å²) in [5.41, 5.74) is 7.05. The molecule has 2 rings (SSSR count). The van der Waals surface area contributed by atoms with Crippen molar-refractivity contribution in [2.45, 2.75) is 6.42 Å². The van der Waals surface area contributed by atoms with Crippen LogP contribution in [0.25, 0.3) is 0 Å². The van der Waals surface area contributed by atoms with Crippen molar-refractivity contribution in [3.8, 4) is 5.75 Å². The van der Waals surface area contributed by atoms with Gasteiger partial charge in [-0.1, -0.05) is 12.1 Å². The second-order valence-corrected chi connectivity index (χ2v) is 4.01. The molecule has 19 heavy (non-hydrogen) atoms. The molecule has 0 aliphatic heterocycles. The number of anilines is 2. The van der Waals surface area contributed by atoms with Crippen molar-refractivity contribution in [1.29, 1.82) is 0 Å². The molecule has 0 bridgehead atoms. The summed E-state index contributed by atoms with van der Waals surface area (Å²) >= 11 is 0. The van der Waals surface area contributed by atoms with Crippen LogP contribution < -0.4 is 15.8 Å². The van der Waals surface area contributed by atoms with E-state index in [4.69, 9.17) is 10.5 Å². The molecule has 0 unspecified atom stereocenters. The largest absolute Gasteiger partial charge is 0.497 e. The van der Waals surface area contributed by atoms with E-state index in [-0.39, 0.29) is 12.3 Å². The molecule has 2 aromatic rings. The van der Waals surface area contributed by atoms with E-state index in [1.807, 2.05) is 24.3 Å². The summed E-state index contributed by atoms with van der Waals surface area (Å²) in [7, 11) is 1.60. The zero-order valence-electron chi connectivity index (χ0n) is 10.6. The van der Waals surface area contributed by atoms with Crippen molar-refractivity contribution < 1.29 is 9.53 Å². The van der Waals surface area contributed by atoms with E-state index >= 15 is 0 Å². The number of carbonyl (C=O) groups is 1. The first kappa shape index (κ1) is 12.9. The molecule has 0 atom stereocenters. The average molecular weight is 257 g/mol. The highest BCUT2D eigenvalue weighted by Gasteiger charge is 2.07. The third-order valence-electron chi connectivity index (χ3n) is 2.62. The fourth-order valence-corrected chi connectivity index (χ4v) is 1.63. The number of nitrogens with zero attached hydrogens (tertiary/aromatic N) is 1. The quantitative estimate of drug-likeness (QED) is 0.876. The lowest BCUT2D eigenvalue weighted by atomic mass is 10.1. The zero-order chi connectivity index (χ0) is 13.7. The molecule has 1 heterocycles. The molecule has 5 nitrogen and oxygen atoms in total. The minimum atomic E-state index is -0.157. The van der Waals surface area contributed by atoms with Crippen LogP contribution in [0.2, 0.25) is 0 Å². The molecule has 0 fully saturated rings. The van der Waals surface area contributed by atoms with Crippen LogP contribution in [0, 0.1) is 0 Å². The molecule has 98 valence electrons. The lowest BCUT2D eigenvalue weighted by molar-refractivity contribution is -0.115. The maximum atomic E-state index is 11.9. The molecule has 0 radical (unpaired) electrons. The maximum Gasteiger partial charge on any atom is 0.230 e. The molecule has 0 saturated heterocycles. The number of amides is 1. The number of hydrogen-bond acceptors (Lipinski definition) is 4. The number of ether oxygens (including phenoxy) is 1. The molecular weight excluding hydrogens is 242 g/mol. The summed E-state index contributed by atoms with van der Waals surface area (Å²) in [6.07, 6.45) is 1.85. The van der Waals surface area contributed by atoms with Gasteiger partial charge in [-0.05, 0) is 29.8 Å². The van der Waals surface area contributed by atoms with Gasteiger partial charge in [0.2, 0.25) is 5.91 Å².